The lowest BCUT2D eigenvalue weighted by atomic mass is 10.1. The zero-order valence-electron chi connectivity index (χ0n) is 15.2. The van der Waals surface area contributed by atoms with Gasteiger partial charge in [-0.05, 0) is 37.0 Å². The maximum Gasteiger partial charge on any atom is 0.191 e. The molecular weight excluding hydrogens is 354 g/mol. The number of nitrogens with zero attached hydrogens (tertiary/aromatic N) is 5. The van der Waals surface area contributed by atoms with Crippen LogP contribution in [0, 0.1) is 0 Å². The van der Waals surface area contributed by atoms with E-state index in [9.17, 15) is 0 Å². The second-order valence-electron chi connectivity index (χ2n) is 6.93. The third-order valence-corrected chi connectivity index (χ3v) is 6.17. The van der Waals surface area contributed by atoms with Gasteiger partial charge in [-0.25, -0.2) is 4.98 Å². The van der Waals surface area contributed by atoms with Crippen molar-refractivity contribution >= 4 is 17.4 Å². The van der Waals surface area contributed by atoms with Crippen molar-refractivity contribution in [1.29, 1.82) is 0 Å². The summed E-state index contributed by atoms with van der Waals surface area (Å²) < 4.78 is 4.33. The molecule has 1 aliphatic rings. The van der Waals surface area contributed by atoms with Crippen LogP contribution < -0.4 is 0 Å². The fourth-order valence-electron chi connectivity index (χ4n) is 3.72. The Morgan fingerprint density at radius 3 is 2.70 bits per heavy atom. The van der Waals surface area contributed by atoms with Gasteiger partial charge in [0.1, 0.15) is 11.5 Å². The fourth-order valence-corrected chi connectivity index (χ4v) is 4.62. The Kier molecular flexibility index (Phi) is 4.20. The zero-order chi connectivity index (χ0) is 18.2. The van der Waals surface area contributed by atoms with E-state index in [1.165, 1.54) is 12.0 Å². The SMILES string of the molecule is CCn1c(SCc2cn3ccccc3n2)nnc1C1CC1c1ccccc1. The van der Waals surface area contributed by atoms with Crippen LogP contribution in [0.3, 0.4) is 0 Å². The number of thioether (sulfide) groups is 1. The summed E-state index contributed by atoms with van der Waals surface area (Å²) in [6.45, 7) is 3.07. The Hall–Kier alpha value is -2.60. The van der Waals surface area contributed by atoms with E-state index in [1.54, 1.807) is 11.8 Å². The first kappa shape index (κ1) is 16.6. The molecule has 1 aliphatic carbocycles. The zero-order valence-corrected chi connectivity index (χ0v) is 16.0. The lowest BCUT2D eigenvalue weighted by molar-refractivity contribution is 0.640. The molecule has 3 aromatic heterocycles. The van der Waals surface area contributed by atoms with Gasteiger partial charge in [-0.3, -0.25) is 0 Å². The molecule has 0 spiro atoms. The van der Waals surface area contributed by atoms with E-state index in [-0.39, 0.29) is 0 Å². The molecule has 0 amide bonds. The van der Waals surface area contributed by atoms with Crippen molar-refractivity contribution in [2.24, 2.45) is 0 Å². The van der Waals surface area contributed by atoms with Crippen molar-refractivity contribution < 1.29 is 0 Å². The standard InChI is InChI=1S/C21H21N5S/c1-2-26-20(18-12-17(18)15-8-4-3-5-9-15)23-24-21(26)27-14-16-13-25-11-7-6-10-19(25)22-16/h3-11,13,17-18H,2,12,14H2,1H3. The summed E-state index contributed by atoms with van der Waals surface area (Å²) in [5.74, 6) is 3.00. The number of imidazole rings is 1. The lowest BCUT2D eigenvalue weighted by Crippen LogP contribution is -2.03. The number of hydrogen-bond acceptors (Lipinski definition) is 4. The van der Waals surface area contributed by atoms with Crippen LogP contribution in [-0.4, -0.2) is 24.1 Å². The molecule has 1 fully saturated rings. The summed E-state index contributed by atoms with van der Waals surface area (Å²) >= 11 is 1.72. The van der Waals surface area contributed by atoms with Gasteiger partial charge in [0.15, 0.2) is 5.16 Å². The summed E-state index contributed by atoms with van der Waals surface area (Å²) in [6, 6.07) is 16.8. The van der Waals surface area contributed by atoms with Gasteiger partial charge in [0, 0.05) is 30.6 Å². The van der Waals surface area contributed by atoms with Crippen molar-refractivity contribution in [3.8, 4) is 0 Å². The minimum atomic E-state index is 0.490. The van der Waals surface area contributed by atoms with Gasteiger partial charge in [-0.2, -0.15) is 0 Å². The average molecular weight is 376 g/mol. The molecule has 3 heterocycles. The molecule has 0 bridgehead atoms. The van der Waals surface area contributed by atoms with Crippen molar-refractivity contribution in [3.05, 3.63) is 78.0 Å². The van der Waals surface area contributed by atoms with Gasteiger partial charge in [-0.1, -0.05) is 48.2 Å². The molecule has 2 unspecified atom stereocenters. The van der Waals surface area contributed by atoms with Crippen LogP contribution >= 0.6 is 11.8 Å². The van der Waals surface area contributed by atoms with Gasteiger partial charge < -0.3 is 8.97 Å². The van der Waals surface area contributed by atoms with E-state index in [1.807, 2.05) is 24.4 Å². The monoisotopic (exact) mass is 375 g/mol. The highest BCUT2D eigenvalue weighted by Crippen LogP contribution is 2.54. The molecule has 4 aromatic rings. The average Bonchev–Trinajstić information content (AvgIpc) is 3.22. The number of hydrogen-bond donors (Lipinski definition) is 0. The van der Waals surface area contributed by atoms with Crippen LogP contribution in [0.4, 0.5) is 0 Å². The number of rotatable bonds is 6. The number of aromatic nitrogens is 5. The molecule has 5 nitrogen and oxygen atoms in total. The van der Waals surface area contributed by atoms with Gasteiger partial charge in [-0.15, -0.1) is 10.2 Å². The van der Waals surface area contributed by atoms with E-state index in [0.717, 1.165) is 34.6 Å². The molecule has 0 aliphatic heterocycles. The summed E-state index contributed by atoms with van der Waals surface area (Å²) in [5, 5.41) is 10.0. The Labute approximate surface area is 162 Å². The molecule has 6 heteroatoms. The number of fused-ring (bicyclic) bond motifs is 1. The van der Waals surface area contributed by atoms with Crippen LogP contribution in [0.25, 0.3) is 5.65 Å². The molecule has 1 saturated carbocycles. The summed E-state index contributed by atoms with van der Waals surface area (Å²) in [4.78, 5) is 4.67. The second-order valence-corrected chi connectivity index (χ2v) is 7.87. The third-order valence-electron chi connectivity index (χ3n) is 5.17. The minimum absolute atomic E-state index is 0.490. The Bertz CT molecular complexity index is 1040. The fraction of sp³-hybridized carbons (Fsp3) is 0.286. The predicted molar refractivity (Wildman–Crippen MR) is 107 cm³/mol. The van der Waals surface area contributed by atoms with E-state index >= 15 is 0 Å². The highest BCUT2D eigenvalue weighted by Gasteiger charge is 2.43. The van der Waals surface area contributed by atoms with E-state index in [0.29, 0.717) is 11.8 Å². The maximum absolute atomic E-state index is 4.67. The largest absolute Gasteiger partial charge is 0.307 e. The number of benzene rings is 1. The van der Waals surface area contributed by atoms with Crippen LogP contribution in [0.1, 0.15) is 42.3 Å². The molecule has 5 rings (SSSR count). The van der Waals surface area contributed by atoms with Gasteiger partial charge in [0.2, 0.25) is 0 Å². The van der Waals surface area contributed by atoms with E-state index in [4.69, 9.17) is 0 Å². The Balaban J connectivity index is 1.32. The molecular formula is C21H21N5S. The van der Waals surface area contributed by atoms with Crippen LogP contribution in [0.2, 0.25) is 0 Å². The molecule has 136 valence electrons. The first-order chi connectivity index (χ1) is 13.3. The van der Waals surface area contributed by atoms with E-state index in [2.05, 4.69) is 67.6 Å². The molecule has 27 heavy (non-hydrogen) atoms. The molecule has 2 atom stereocenters. The summed E-state index contributed by atoms with van der Waals surface area (Å²) in [6.07, 6.45) is 5.28. The van der Waals surface area contributed by atoms with Crippen molar-refractivity contribution in [2.75, 3.05) is 0 Å². The van der Waals surface area contributed by atoms with E-state index < -0.39 is 0 Å². The van der Waals surface area contributed by atoms with Gasteiger partial charge >= 0.3 is 0 Å². The van der Waals surface area contributed by atoms with Crippen LogP contribution in [0.15, 0.2) is 66.1 Å². The maximum atomic E-state index is 4.67. The van der Waals surface area contributed by atoms with Crippen molar-refractivity contribution in [1.82, 2.24) is 24.1 Å². The normalized spacial score (nSPS) is 18.9. The van der Waals surface area contributed by atoms with Crippen LogP contribution in [-0.2, 0) is 12.3 Å². The molecule has 1 aromatic carbocycles. The van der Waals surface area contributed by atoms with Crippen molar-refractivity contribution in [3.63, 3.8) is 0 Å². The topological polar surface area (TPSA) is 48.0 Å². The minimum Gasteiger partial charge on any atom is -0.307 e. The second kappa shape index (κ2) is 6.85. The lowest BCUT2D eigenvalue weighted by Gasteiger charge is -2.06. The van der Waals surface area contributed by atoms with Gasteiger partial charge in [0.05, 0.1) is 5.69 Å². The summed E-state index contributed by atoms with van der Waals surface area (Å²) in [7, 11) is 0. The highest BCUT2D eigenvalue weighted by atomic mass is 32.2. The van der Waals surface area contributed by atoms with Crippen molar-refractivity contribution in [2.45, 2.75) is 42.6 Å². The summed E-state index contributed by atoms with van der Waals surface area (Å²) in [5.41, 5.74) is 3.45. The Morgan fingerprint density at radius 1 is 1.04 bits per heavy atom. The number of pyridine rings is 1. The predicted octanol–water partition coefficient (Wildman–Crippen LogP) is 4.51. The quantitative estimate of drug-likeness (QED) is 0.465. The smallest absolute Gasteiger partial charge is 0.191 e. The Morgan fingerprint density at radius 2 is 1.89 bits per heavy atom. The van der Waals surface area contributed by atoms with Crippen LogP contribution in [0.5, 0.6) is 0 Å². The highest BCUT2D eigenvalue weighted by molar-refractivity contribution is 7.98. The molecule has 0 radical (unpaired) electrons. The molecule has 0 N–H and O–H groups in total. The first-order valence-corrected chi connectivity index (χ1v) is 10.4. The molecule has 0 saturated heterocycles. The first-order valence-electron chi connectivity index (χ1n) is 9.37. The van der Waals surface area contributed by atoms with Gasteiger partial charge in [0.25, 0.3) is 0 Å². The third kappa shape index (κ3) is 3.14.